The summed E-state index contributed by atoms with van der Waals surface area (Å²) in [6, 6.07) is 12.7. The molecule has 2 aromatic rings. The van der Waals surface area contributed by atoms with Crippen molar-refractivity contribution < 1.29 is 17.9 Å². The molecule has 0 spiro atoms. The van der Waals surface area contributed by atoms with Gasteiger partial charge in [0.15, 0.2) is 5.60 Å². The highest BCUT2D eigenvalue weighted by atomic mass is 19.4. The Morgan fingerprint density at radius 2 is 1.93 bits per heavy atom. The Morgan fingerprint density at radius 1 is 1.17 bits per heavy atom. The predicted octanol–water partition coefficient (Wildman–Crippen LogP) is 3.89. The molecular formula is C22H23F3N4O. The first kappa shape index (κ1) is 20.8. The van der Waals surface area contributed by atoms with Crippen LogP contribution >= 0.6 is 0 Å². The quantitative estimate of drug-likeness (QED) is 0.715. The van der Waals surface area contributed by atoms with E-state index in [0.717, 1.165) is 11.3 Å². The number of likely N-dealkylation sites (tertiary alicyclic amines) is 1. The summed E-state index contributed by atoms with van der Waals surface area (Å²) in [4.78, 5) is 2.03. The standard InChI is InChI=1S/C22H23F3N4O/c23-22(24,25)21(10-13-30-21)20(8-7-17-3-5-18(14-26)6-4-17)9-12-29(16-20)15-19-2-1-11-27-28-19/h1-6,11H,7-10,12-13,15-16H2/t20-,21?/m1/s1. The maximum atomic E-state index is 14.2. The van der Waals surface area contributed by atoms with Gasteiger partial charge in [-0.25, -0.2) is 0 Å². The number of ether oxygens (including phenoxy) is 1. The van der Waals surface area contributed by atoms with Crippen LogP contribution < -0.4 is 0 Å². The molecule has 4 rings (SSSR count). The zero-order valence-electron chi connectivity index (χ0n) is 16.5. The molecule has 2 aliphatic heterocycles. The summed E-state index contributed by atoms with van der Waals surface area (Å²) >= 11 is 0. The molecule has 158 valence electrons. The second kappa shape index (κ2) is 7.97. The molecule has 2 atom stereocenters. The first-order chi connectivity index (χ1) is 14.4. The average molecular weight is 416 g/mol. The fourth-order valence-electron chi connectivity index (χ4n) is 4.85. The number of aromatic nitrogens is 2. The van der Waals surface area contributed by atoms with Crippen molar-refractivity contribution in [1.82, 2.24) is 15.1 Å². The lowest BCUT2D eigenvalue weighted by atomic mass is 9.63. The molecule has 1 aromatic carbocycles. The van der Waals surface area contributed by atoms with E-state index in [0.29, 0.717) is 44.5 Å². The summed E-state index contributed by atoms with van der Waals surface area (Å²) in [6.45, 7) is 1.48. The third-order valence-electron chi connectivity index (χ3n) is 6.54. The number of halogens is 3. The zero-order valence-corrected chi connectivity index (χ0v) is 16.5. The van der Waals surface area contributed by atoms with Crippen LogP contribution in [-0.2, 0) is 17.7 Å². The van der Waals surface area contributed by atoms with E-state index in [1.165, 1.54) is 0 Å². The van der Waals surface area contributed by atoms with Gasteiger partial charge in [0, 0.05) is 31.1 Å². The number of aryl methyl sites for hydroxylation is 1. The van der Waals surface area contributed by atoms with Gasteiger partial charge in [0.25, 0.3) is 0 Å². The van der Waals surface area contributed by atoms with E-state index in [4.69, 9.17) is 10.00 Å². The van der Waals surface area contributed by atoms with Crippen LogP contribution in [0.4, 0.5) is 13.2 Å². The molecule has 30 heavy (non-hydrogen) atoms. The second-order valence-corrected chi connectivity index (χ2v) is 8.19. The van der Waals surface area contributed by atoms with Gasteiger partial charge in [-0.3, -0.25) is 4.90 Å². The van der Waals surface area contributed by atoms with Crippen molar-refractivity contribution >= 4 is 0 Å². The normalized spacial score (nSPS) is 26.9. The molecule has 0 bridgehead atoms. The van der Waals surface area contributed by atoms with Crippen molar-refractivity contribution in [2.24, 2.45) is 5.41 Å². The van der Waals surface area contributed by atoms with Gasteiger partial charge < -0.3 is 4.74 Å². The van der Waals surface area contributed by atoms with Crippen LogP contribution in [0.15, 0.2) is 42.6 Å². The Balaban J connectivity index is 1.57. The lowest BCUT2D eigenvalue weighted by molar-refractivity contribution is -0.366. The number of rotatable bonds is 6. The predicted molar refractivity (Wildman–Crippen MR) is 103 cm³/mol. The molecule has 8 heteroatoms. The van der Waals surface area contributed by atoms with Crippen molar-refractivity contribution in [2.75, 3.05) is 19.7 Å². The summed E-state index contributed by atoms with van der Waals surface area (Å²) in [6.07, 6.45) is -1.54. The topological polar surface area (TPSA) is 62.0 Å². The van der Waals surface area contributed by atoms with Gasteiger partial charge in [-0.1, -0.05) is 12.1 Å². The van der Waals surface area contributed by atoms with E-state index in [1.807, 2.05) is 23.1 Å². The molecular weight excluding hydrogens is 393 g/mol. The Hall–Kier alpha value is -2.50. The first-order valence-corrected chi connectivity index (χ1v) is 10.1. The van der Waals surface area contributed by atoms with Gasteiger partial charge in [-0.15, -0.1) is 0 Å². The number of hydrogen-bond donors (Lipinski definition) is 0. The summed E-state index contributed by atoms with van der Waals surface area (Å²) in [5.74, 6) is 0. The lowest BCUT2D eigenvalue weighted by Crippen LogP contribution is -2.67. The highest BCUT2D eigenvalue weighted by Gasteiger charge is 2.71. The molecule has 1 aromatic heterocycles. The average Bonchev–Trinajstić information content (AvgIpc) is 3.09. The van der Waals surface area contributed by atoms with E-state index in [-0.39, 0.29) is 13.0 Å². The van der Waals surface area contributed by atoms with Crippen LogP contribution in [0.3, 0.4) is 0 Å². The maximum Gasteiger partial charge on any atom is 0.418 e. The lowest BCUT2D eigenvalue weighted by Gasteiger charge is -2.54. The second-order valence-electron chi connectivity index (χ2n) is 8.19. The third kappa shape index (κ3) is 3.68. The molecule has 0 saturated carbocycles. The molecule has 2 aliphatic rings. The smallest absolute Gasteiger partial charge is 0.365 e. The minimum atomic E-state index is -4.42. The molecule has 0 aliphatic carbocycles. The van der Waals surface area contributed by atoms with Crippen molar-refractivity contribution in [1.29, 1.82) is 5.26 Å². The Labute approximate surface area is 173 Å². The van der Waals surface area contributed by atoms with Crippen LogP contribution in [0, 0.1) is 16.7 Å². The SMILES string of the molecule is N#Cc1ccc(CC[C@@]2(C3(C(F)(F)F)CCO3)CCN(Cc3cccnn3)C2)cc1. The Morgan fingerprint density at radius 3 is 2.50 bits per heavy atom. The maximum absolute atomic E-state index is 14.2. The fraction of sp³-hybridized carbons (Fsp3) is 0.500. The highest BCUT2D eigenvalue weighted by Crippen LogP contribution is 2.59. The largest absolute Gasteiger partial charge is 0.418 e. The molecule has 0 N–H and O–H groups in total. The van der Waals surface area contributed by atoms with E-state index in [9.17, 15) is 13.2 Å². The first-order valence-electron chi connectivity index (χ1n) is 10.1. The van der Waals surface area contributed by atoms with Gasteiger partial charge in [0.2, 0.25) is 0 Å². The van der Waals surface area contributed by atoms with Crippen LogP contribution in [0.1, 0.15) is 36.1 Å². The summed E-state index contributed by atoms with van der Waals surface area (Å²) in [7, 11) is 0. The van der Waals surface area contributed by atoms with Crippen molar-refractivity contribution in [3.63, 3.8) is 0 Å². The highest BCUT2D eigenvalue weighted by molar-refractivity contribution is 5.32. The van der Waals surface area contributed by atoms with Gasteiger partial charge >= 0.3 is 6.18 Å². The van der Waals surface area contributed by atoms with Gasteiger partial charge in [0.1, 0.15) is 0 Å². The van der Waals surface area contributed by atoms with Crippen LogP contribution in [0.25, 0.3) is 0 Å². The molecule has 0 amide bonds. The number of nitrogens with zero attached hydrogens (tertiary/aromatic N) is 4. The molecule has 1 unspecified atom stereocenters. The van der Waals surface area contributed by atoms with Crippen LogP contribution in [0.2, 0.25) is 0 Å². The van der Waals surface area contributed by atoms with E-state index in [2.05, 4.69) is 16.3 Å². The van der Waals surface area contributed by atoms with E-state index >= 15 is 0 Å². The molecule has 5 nitrogen and oxygen atoms in total. The van der Waals surface area contributed by atoms with E-state index in [1.54, 1.807) is 24.4 Å². The molecule has 2 fully saturated rings. The zero-order chi connectivity index (χ0) is 21.2. The summed E-state index contributed by atoms with van der Waals surface area (Å²) in [5, 5.41) is 16.9. The van der Waals surface area contributed by atoms with Crippen molar-refractivity contribution in [2.45, 2.75) is 44.0 Å². The number of hydrogen-bond acceptors (Lipinski definition) is 5. The summed E-state index contributed by atoms with van der Waals surface area (Å²) in [5.41, 5.74) is -0.893. The van der Waals surface area contributed by atoms with Crippen LogP contribution in [-0.4, -0.2) is 46.6 Å². The number of benzene rings is 1. The van der Waals surface area contributed by atoms with Gasteiger partial charge in [-0.2, -0.15) is 28.6 Å². The Bertz CT molecular complexity index is 907. The molecule has 3 heterocycles. The van der Waals surface area contributed by atoms with Crippen molar-refractivity contribution in [3.8, 4) is 6.07 Å². The minimum Gasteiger partial charge on any atom is -0.365 e. The number of nitriles is 1. The van der Waals surface area contributed by atoms with E-state index < -0.39 is 17.2 Å². The van der Waals surface area contributed by atoms with Crippen LogP contribution in [0.5, 0.6) is 0 Å². The molecule has 0 radical (unpaired) electrons. The molecule has 2 saturated heterocycles. The van der Waals surface area contributed by atoms with Gasteiger partial charge in [0.05, 0.1) is 23.9 Å². The number of alkyl halides is 3. The third-order valence-corrected chi connectivity index (χ3v) is 6.54. The van der Waals surface area contributed by atoms with Gasteiger partial charge in [-0.05, 0) is 55.6 Å². The Kier molecular flexibility index (Phi) is 5.51. The summed E-state index contributed by atoms with van der Waals surface area (Å²) < 4.78 is 48.1. The van der Waals surface area contributed by atoms with Crippen molar-refractivity contribution in [3.05, 3.63) is 59.4 Å². The monoisotopic (exact) mass is 416 g/mol. The fourth-order valence-corrected chi connectivity index (χ4v) is 4.85. The minimum absolute atomic E-state index is 0.00283.